The molecule has 0 saturated carbocycles. The molecule has 2 aliphatic rings. The van der Waals surface area contributed by atoms with Gasteiger partial charge in [-0.15, -0.1) is 0 Å². The van der Waals surface area contributed by atoms with Crippen LogP contribution in [0.3, 0.4) is 0 Å². The number of likely N-dealkylation sites (N-methyl/N-ethyl adjacent to an activating group) is 1. The van der Waals surface area contributed by atoms with Gasteiger partial charge >= 0.3 is 6.03 Å². The minimum Gasteiger partial charge on any atom is -0.508 e. The van der Waals surface area contributed by atoms with Crippen LogP contribution >= 0.6 is 0 Å². The Morgan fingerprint density at radius 1 is 1.00 bits per heavy atom. The van der Waals surface area contributed by atoms with E-state index >= 15 is 0 Å². The minimum atomic E-state index is -0.817. The van der Waals surface area contributed by atoms with E-state index in [1.807, 2.05) is 61.5 Å². The van der Waals surface area contributed by atoms with Crippen molar-refractivity contribution in [3.63, 3.8) is 0 Å². The number of nitrogens with one attached hydrogen (secondary N) is 1. The maximum atomic E-state index is 14.1. The van der Waals surface area contributed by atoms with Gasteiger partial charge in [0, 0.05) is 20.0 Å². The van der Waals surface area contributed by atoms with Crippen LogP contribution < -0.4 is 10.1 Å². The lowest BCUT2D eigenvalue weighted by Gasteiger charge is -2.55. The van der Waals surface area contributed by atoms with Crippen LogP contribution in [0.5, 0.6) is 11.5 Å². The number of phenols is 1. The number of hydrogen-bond donors (Lipinski definition) is 2. The van der Waals surface area contributed by atoms with E-state index < -0.39 is 12.2 Å². The van der Waals surface area contributed by atoms with Gasteiger partial charge in [0.05, 0.1) is 26.2 Å². The second-order valence-electron chi connectivity index (χ2n) is 10.4. The molecule has 0 radical (unpaired) electrons. The van der Waals surface area contributed by atoms with Gasteiger partial charge in [0.25, 0.3) is 0 Å². The maximum absolute atomic E-state index is 14.1. The van der Waals surface area contributed by atoms with E-state index in [1.165, 1.54) is 0 Å². The van der Waals surface area contributed by atoms with Gasteiger partial charge in [-0.2, -0.15) is 0 Å². The number of hydrazine groups is 1. The van der Waals surface area contributed by atoms with Crippen molar-refractivity contribution in [2.24, 2.45) is 0 Å². The fourth-order valence-electron chi connectivity index (χ4n) is 5.58. The van der Waals surface area contributed by atoms with Crippen molar-refractivity contribution in [2.45, 2.75) is 38.1 Å². The van der Waals surface area contributed by atoms with Crippen molar-refractivity contribution in [3.8, 4) is 11.5 Å². The number of phenolic OH excluding ortho intramolecular Hbond substituents is 1. The predicted octanol–water partition coefficient (Wildman–Crippen LogP) is 3.14. The minimum absolute atomic E-state index is 0.0416. The van der Waals surface area contributed by atoms with Crippen molar-refractivity contribution >= 4 is 17.8 Å². The molecule has 3 aromatic rings. The summed E-state index contributed by atoms with van der Waals surface area (Å²) in [6.45, 7) is 2.36. The van der Waals surface area contributed by atoms with E-state index in [1.54, 1.807) is 58.2 Å². The second-order valence-corrected chi connectivity index (χ2v) is 10.4. The van der Waals surface area contributed by atoms with Crippen LogP contribution in [0.4, 0.5) is 4.79 Å². The highest BCUT2D eigenvalue weighted by molar-refractivity contribution is 5.92. The summed E-state index contributed by atoms with van der Waals surface area (Å²) < 4.78 is 5.22. The number of nitrogens with zero attached hydrogens (tertiary/aromatic N) is 4. The van der Waals surface area contributed by atoms with Crippen molar-refractivity contribution < 1.29 is 24.2 Å². The van der Waals surface area contributed by atoms with Crippen LogP contribution in [0.25, 0.3) is 0 Å². The van der Waals surface area contributed by atoms with Gasteiger partial charge in [0.1, 0.15) is 23.7 Å². The van der Waals surface area contributed by atoms with Crippen LogP contribution in [-0.2, 0) is 22.6 Å². The van der Waals surface area contributed by atoms with Crippen molar-refractivity contribution in [1.29, 1.82) is 0 Å². The van der Waals surface area contributed by atoms with Crippen molar-refractivity contribution in [3.05, 3.63) is 95.6 Å². The standard InChI is InChI=1S/C31H35N5O5/c1-21(24-7-5-4-6-8-24)34-19-28-35(27(30(34)39)17-22-9-13-25(37)14-10-22)29(38)20-33(2)36(28)31(40)32-18-23-11-15-26(41-3)16-12-23/h4-16,21,27-28,37H,17-20H2,1-3H3,(H,32,40)/t21-,27-,28?/m0/s1. The van der Waals surface area contributed by atoms with Crippen LogP contribution in [0.15, 0.2) is 78.9 Å². The van der Waals surface area contributed by atoms with Gasteiger partial charge in [-0.25, -0.2) is 14.8 Å². The van der Waals surface area contributed by atoms with E-state index in [0.29, 0.717) is 0 Å². The number of piperazine rings is 1. The number of carbonyl (C=O) groups is 3. The molecule has 10 nitrogen and oxygen atoms in total. The number of ether oxygens (including phenoxy) is 1. The zero-order chi connectivity index (χ0) is 29.1. The van der Waals surface area contributed by atoms with Gasteiger partial charge in [0.2, 0.25) is 11.8 Å². The van der Waals surface area contributed by atoms with E-state index in [4.69, 9.17) is 4.74 Å². The number of rotatable bonds is 7. The molecule has 0 aromatic heterocycles. The Balaban J connectivity index is 1.45. The predicted molar refractivity (Wildman–Crippen MR) is 153 cm³/mol. The SMILES string of the molecule is COc1ccc(CNC(=O)N2C3CN([C@@H](C)c4ccccc4)C(=O)[C@H](Cc4ccc(O)cc4)N3C(=O)CN2C)cc1. The molecule has 214 valence electrons. The van der Waals surface area contributed by atoms with Crippen LogP contribution in [0.1, 0.15) is 29.7 Å². The molecule has 0 bridgehead atoms. The first-order valence-electron chi connectivity index (χ1n) is 13.6. The molecular formula is C31H35N5O5. The highest BCUT2D eigenvalue weighted by Crippen LogP contribution is 2.32. The normalized spacial score (nSPS) is 20.0. The third kappa shape index (κ3) is 5.83. The van der Waals surface area contributed by atoms with Gasteiger partial charge < -0.3 is 25.0 Å². The molecule has 2 N–H and O–H groups in total. The van der Waals surface area contributed by atoms with Gasteiger partial charge in [-0.3, -0.25) is 9.59 Å². The monoisotopic (exact) mass is 557 g/mol. The van der Waals surface area contributed by atoms with Crippen molar-refractivity contribution in [2.75, 3.05) is 27.2 Å². The molecule has 5 rings (SSSR count). The molecule has 1 unspecified atom stereocenters. The Kier molecular flexibility index (Phi) is 8.11. The number of carbonyl (C=O) groups excluding carboxylic acids is 3. The molecular weight excluding hydrogens is 522 g/mol. The third-order valence-corrected chi connectivity index (χ3v) is 7.81. The van der Waals surface area contributed by atoms with Crippen LogP contribution in [-0.4, -0.2) is 82.2 Å². The summed E-state index contributed by atoms with van der Waals surface area (Å²) in [5, 5.41) is 15.9. The highest BCUT2D eigenvalue weighted by atomic mass is 16.5. The van der Waals surface area contributed by atoms with Gasteiger partial charge in [0.15, 0.2) is 0 Å². The average Bonchev–Trinajstić information content (AvgIpc) is 2.98. The zero-order valence-electron chi connectivity index (χ0n) is 23.4. The number of benzene rings is 3. The average molecular weight is 558 g/mol. The molecule has 4 amide bonds. The Morgan fingerprint density at radius 2 is 1.66 bits per heavy atom. The smallest absolute Gasteiger partial charge is 0.334 e. The van der Waals surface area contributed by atoms with Gasteiger partial charge in [-0.1, -0.05) is 54.6 Å². The molecule has 0 spiro atoms. The fraction of sp³-hybridized carbons (Fsp3) is 0.323. The Morgan fingerprint density at radius 3 is 2.32 bits per heavy atom. The first kappa shape index (κ1) is 28.0. The van der Waals surface area contributed by atoms with E-state index in [9.17, 15) is 19.5 Å². The largest absolute Gasteiger partial charge is 0.508 e. The number of methoxy groups -OCH3 is 1. The molecule has 0 aliphatic carbocycles. The highest BCUT2D eigenvalue weighted by Gasteiger charge is 2.51. The Bertz CT molecular complexity index is 1380. The topological polar surface area (TPSA) is 106 Å². The lowest BCUT2D eigenvalue weighted by atomic mass is 9.96. The van der Waals surface area contributed by atoms with E-state index in [0.717, 1.165) is 22.4 Å². The fourth-order valence-corrected chi connectivity index (χ4v) is 5.58. The molecule has 3 aromatic carbocycles. The quantitative estimate of drug-likeness (QED) is 0.463. The van der Waals surface area contributed by atoms with Gasteiger partial charge in [-0.05, 0) is 47.9 Å². The first-order valence-corrected chi connectivity index (χ1v) is 13.6. The summed E-state index contributed by atoms with van der Waals surface area (Å²) in [6, 6.07) is 22.3. The molecule has 2 fully saturated rings. The van der Waals surface area contributed by atoms with E-state index in [-0.39, 0.29) is 55.7 Å². The number of hydrogen-bond acceptors (Lipinski definition) is 6. The third-order valence-electron chi connectivity index (χ3n) is 7.81. The first-order chi connectivity index (χ1) is 19.8. The molecule has 2 saturated heterocycles. The summed E-state index contributed by atoms with van der Waals surface area (Å²) in [6.07, 6.45) is -0.451. The van der Waals surface area contributed by atoms with Crippen LogP contribution in [0, 0.1) is 0 Å². The lowest BCUT2D eigenvalue weighted by molar-refractivity contribution is -0.189. The number of amides is 4. The molecule has 10 heteroatoms. The Labute approximate surface area is 239 Å². The summed E-state index contributed by atoms with van der Waals surface area (Å²) in [7, 11) is 3.31. The molecule has 2 aliphatic heterocycles. The number of aromatic hydroxyl groups is 1. The summed E-state index contributed by atoms with van der Waals surface area (Å²) >= 11 is 0. The molecule has 3 atom stereocenters. The zero-order valence-corrected chi connectivity index (χ0v) is 23.4. The molecule has 41 heavy (non-hydrogen) atoms. The lowest BCUT2D eigenvalue weighted by Crippen LogP contribution is -2.76. The number of urea groups is 1. The van der Waals surface area contributed by atoms with E-state index in [2.05, 4.69) is 5.32 Å². The summed E-state index contributed by atoms with van der Waals surface area (Å²) in [5.41, 5.74) is 2.66. The maximum Gasteiger partial charge on any atom is 0.334 e. The number of fused-ring (bicyclic) bond motifs is 1. The Hall–Kier alpha value is -4.57. The summed E-state index contributed by atoms with van der Waals surface area (Å²) in [4.78, 5) is 44.6. The second kappa shape index (κ2) is 11.9. The molecule has 2 heterocycles. The van der Waals surface area contributed by atoms with Crippen LogP contribution in [0.2, 0.25) is 0 Å². The summed E-state index contributed by atoms with van der Waals surface area (Å²) in [5.74, 6) is 0.448. The van der Waals surface area contributed by atoms with Crippen molar-refractivity contribution in [1.82, 2.24) is 25.1 Å².